The van der Waals surface area contributed by atoms with Crippen LogP contribution in [0.15, 0.2) is 42.5 Å². The van der Waals surface area contributed by atoms with Crippen molar-refractivity contribution >= 4 is 69.6 Å². The summed E-state index contributed by atoms with van der Waals surface area (Å²) in [5, 5.41) is -0.726. The number of hydrogen-bond acceptors (Lipinski definition) is 0. The molecule has 1 aromatic rings. The Balaban J connectivity index is 2.51. The Morgan fingerprint density at radius 1 is 1.00 bits per heavy atom. The third kappa shape index (κ3) is 2.47. The van der Waals surface area contributed by atoms with E-state index < -0.39 is 18.9 Å². The van der Waals surface area contributed by atoms with Crippen molar-refractivity contribution in [3.8, 4) is 0 Å². The van der Waals surface area contributed by atoms with Crippen LogP contribution < -0.4 is 0 Å². The molecule has 1 aliphatic rings. The van der Waals surface area contributed by atoms with Crippen LogP contribution in [0.2, 0.25) is 0 Å². The van der Waals surface area contributed by atoms with Crippen molar-refractivity contribution in [2.24, 2.45) is 0 Å². The van der Waals surface area contributed by atoms with Crippen molar-refractivity contribution < 1.29 is 0 Å². The van der Waals surface area contributed by atoms with Crippen LogP contribution >= 0.6 is 69.6 Å². The smallest absolute Gasteiger partial charge is 0.115 e. The lowest BCUT2D eigenvalue weighted by molar-refractivity contribution is 0.459. The summed E-state index contributed by atoms with van der Waals surface area (Å²) in [6, 6.07) is 9.65. The van der Waals surface area contributed by atoms with Crippen molar-refractivity contribution in [2.75, 3.05) is 0 Å². The van der Waals surface area contributed by atoms with E-state index in [4.69, 9.17) is 69.6 Å². The van der Waals surface area contributed by atoms with Crippen LogP contribution in [-0.2, 0) is 0 Å². The molecular weight excluding hydrogens is 381 g/mol. The molecule has 2 rings (SSSR count). The predicted molar refractivity (Wildman–Crippen MR) is 91.1 cm³/mol. The molecule has 110 valence electrons. The van der Waals surface area contributed by atoms with Gasteiger partial charge in [-0.1, -0.05) is 95.8 Å². The van der Waals surface area contributed by atoms with E-state index in [2.05, 4.69) is 0 Å². The van der Waals surface area contributed by atoms with Crippen molar-refractivity contribution in [1.29, 1.82) is 0 Å². The van der Waals surface area contributed by atoms with Crippen LogP contribution in [0.4, 0.5) is 0 Å². The molecule has 0 amide bonds. The zero-order valence-corrected chi connectivity index (χ0v) is 15.0. The first-order valence-electron chi connectivity index (χ1n) is 5.97. The summed E-state index contributed by atoms with van der Waals surface area (Å²) in [6.45, 7) is 1.92. The molecule has 20 heavy (non-hydrogen) atoms. The SMILES string of the molecule is CC(c1ccccc1)C1(Cl)C=CC(Cl)C(Cl)(Cl)C1(Cl)Cl. The fourth-order valence-electron chi connectivity index (χ4n) is 2.28. The fourth-order valence-corrected chi connectivity index (χ4v) is 4.22. The summed E-state index contributed by atoms with van der Waals surface area (Å²) in [7, 11) is 0. The van der Waals surface area contributed by atoms with Crippen molar-refractivity contribution in [1.82, 2.24) is 0 Å². The van der Waals surface area contributed by atoms with Gasteiger partial charge >= 0.3 is 0 Å². The zero-order valence-electron chi connectivity index (χ0n) is 10.5. The van der Waals surface area contributed by atoms with E-state index in [1.807, 2.05) is 37.3 Å². The molecule has 0 aromatic heterocycles. The molecule has 0 radical (unpaired) electrons. The number of rotatable bonds is 2. The highest BCUT2D eigenvalue weighted by Gasteiger charge is 2.66. The van der Waals surface area contributed by atoms with Gasteiger partial charge < -0.3 is 0 Å². The summed E-state index contributed by atoms with van der Waals surface area (Å²) in [5.74, 6) is -0.211. The van der Waals surface area contributed by atoms with Gasteiger partial charge in [0, 0.05) is 5.92 Å². The minimum Gasteiger partial charge on any atom is -0.115 e. The molecule has 0 heterocycles. The number of hydrogen-bond donors (Lipinski definition) is 0. The monoisotopic (exact) mass is 390 g/mol. The van der Waals surface area contributed by atoms with Crippen LogP contribution in [-0.4, -0.2) is 18.9 Å². The van der Waals surface area contributed by atoms with Gasteiger partial charge in [0.1, 0.15) is 4.87 Å². The largest absolute Gasteiger partial charge is 0.175 e. The van der Waals surface area contributed by atoms with Gasteiger partial charge in [0.05, 0.1) is 5.38 Å². The van der Waals surface area contributed by atoms with Crippen molar-refractivity contribution in [2.45, 2.75) is 31.8 Å². The summed E-state index contributed by atoms with van der Waals surface area (Å²) in [6.07, 6.45) is 3.32. The predicted octanol–water partition coefficient (Wildman–Crippen LogP) is 6.29. The minimum absolute atomic E-state index is 0.211. The normalized spacial score (nSPS) is 32.9. The lowest BCUT2D eigenvalue weighted by Crippen LogP contribution is -2.60. The van der Waals surface area contributed by atoms with Gasteiger partial charge in [0.25, 0.3) is 0 Å². The third-order valence-corrected chi connectivity index (χ3v) is 7.96. The lowest BCUT2D eigenvalue weighted by Gasteiger charge is -2.50. The molecule has 3 atom stereocenters. The summed E-state index contributed by atoms with van der Waals surface area (Å²) in [4.78, 5) is -1.17. The summed E-state index contributed by atoms with van der Waals surface area (Å²) >= 11 is 38.2. The van der Waals surface area contributed by atoms with E-state index in [1.54, 1.807) is 12.2 Å². The standard InChI is InChI=1S/C14H12Cl6/c1-9(10-5-3-2-4-6-10)12(16)8-7-11(15)13(17,18)14(12,19)20/h2-9,11H,1H3. The quantitative estimate of drug-likeness (QED) is 0.409. The second-order valence-corrected chi connectivity index (χ2v) is 8.67. The zero-order chi connectivity index (χ0) is 15.2. The maximum atomic E-state index is 6.72. The molecule has 1 aromatic carbocycles. The Bertz CT molecular complexity index is 510. The summed E-state index contributed by atoms with van der Waals surface area (Å²) < 4.78 is -3.25. The average molecular weight is 393 g/mol. The Labute approximate surface area is 148 Å². The second kappa shape index (κ2) is 5.72. The average Bonchev–Trinajstić information content (AvgIpc) is 2.42. The van der Waals surface area contributed by atoms with E-state index in [1.165, 1.54) is 0 Å². The molecule has 6 heteroatoms. The van der Waals surface area contributed by atoms with E-state index >= 15 is 0 Å². The molecule has 0 bridgehead atoms. The van der Waals surface area contributed by atoms with E-state index in [9.17, 15) is 0 Å². The Morgan fingerprint density at radius 3 is 2.10 bits per heavy atom. The van der Waals surface area contributed by atoms with Crippen LogP contribution in [0.1, 0.15) is 18.4 Å². The van der Waals surface area contributed by atoms with Gasteiger partial charge in [-0.05, 0) is 5.56 Å². The molecule has 0 saturated heterocycles. The highest BCUT2D eigenvalue weighted by atomic mass is 35.5. The molecule has 0 spiro atoms. The van der Waals surface area contributed by atoms with E-state index in [0.29, 0.717) is 0 Å². The first kappa shape index (κ1) is 17.1. The minimum atomic E-state index is -1.65. The van der Waals surface area contributed by atoms with E-state index in [0.717, 1.165) is 5.56 Å². The number of halogens is 6. The van der Waals surface area contributed by atoms with Crippen molar-refractivity contribution in [3.63, 3.8) is 0 Å². The van der Waals surface area contributed by atoms with Gasteiger partial charge in [-0.25, -0.2) is 0 Å². The van der Waals surface area contributed by atoms with Crippen LogP contribution in [0.3, 0.4) is 0 Å². The van der Waals surface area contributed by atoms with Crippen LogP contribution in [0.25, 0.3) is 0 Å². The number of allylic oxidation sites excluding steroid dienone is 2. The van der Waals surface area contributed by atoms with Gasteiger partial charge in [-0.15, -0.1) is 23.2 Å². The Kier molecular flexibility index (Phi) is 4.88. The summed E-state index contributed by atoms with van der Waals surface area (Å²) in [5.41, 5.74) is 0.981. The molecule has 1 aliphatic carbocycles. The first-order chi connectivity index (χ1) is 9.14. The molecule has 0 saturated carbocycles. The molecular formula is C14H12Cl6. The number of alkyl halides is 6. The molecule has 0 fully saturated rings. The lowest BCUT2D eigenvalue weighted by atomic mass is 9.79. The van der Waals surface area contributed by atoms with Crippen LogP contribution in [0.5, 0.6) is 0 Å². The van der Waals surface area contributed by atoms with Gasteiger partial charge in [0.15, 0.2) is 8.67 Å². The first-order valence-corrected chi connectivity index (χ1v) is 8.30. The van der Waals surface area contributed by atoms with Gasteiger partial charge in [0.2, 0.25) is 0 Å². The second-order valence-electron chi connectivity index (χ2n) is 4.86. The van der Waals surface area contributed by atoms with Gasteiger partial charge in [-0.3, -0.25) is 0 Å². The maximum Gasteiger partial charge on any atom is 0.175 e. The Morgan fingerprint density at radius 2 is 1.55 bits per heavy atom. The van der Waals surface area contributed by atoms with Crippen molar-refractivity contribution in [3.05, 3.63) is 48.0 Å². The topological polar surface area (TPSA) is 0 Å². The highest BCUT2D eigenvalue weighted by Crippen LogP contribution is 2.62. The van der Waals surface area contributed by atoms with Gasteiger partial charge in [-0.2, -0.15) is 0 Å². The van der Waals surface area contributed by atoms with E-state index in [-0.39, 0.29) is 5.92 Å². The molecule has 0 nitrogen and oxygen atoms in total. The van der Waals surface area contributed by atoms with Crippen LogP contribution in [0, 0.1) is 0 Å². The highest BCUT2D eigenvalue weighted by molar-refractivity contribution is 6.67. The Hall–Kier alpha value is 0.700. The maximum absolute atomic E-state index is 6.72. The fraction of sp³-hybridized carbons (Fsp3) is 0.429. The molecule has 0 N–H and O–H groups in total. The molecule has 3 unspecified atom stereocenters. The third-order valence-electron chi connectivity index (χ3n) is 3.68. The molecule has 0 aliphatic heterocycles. The number of benzene rings is 1.